The molecule has 0 atom stereocenters. The third kappa shape index (κ3) is 4.19. The van der Waals surface area contributed by atoms with Crippen LogP contribution in [0, 0.1) is 6.92 Å². The van der Waals surface area contributed by atoms with Gasteiger partial charge in [0.2, 0.25) is 5.91 Å². The van der Waals surface area contributed by atoms with E-state index in [1.54, 1.807) is 13.2 Å². The van der Waals surface area contributed by atoms with Crippen molar-refractivity contribution in [1.82, 2.24) is 5.32 Å². The molecule has 0 unspecified atom stereocenters. The van der Waals surface area contributed by atoms with E-state index in [9.17, 15) is 9.59 Å². The summed E-state index contributed by atoms with van der Waals surface area (Å²) in [7, 11) is 1.62. The first-order valence-electron chi connectivity index (χ1n) is 9.31. The van der Waals surface area contributed by atoms with Crippen LogP contribution in [0.3, 0.4) is 0 Å². The van der Waals surface area contributed by atoms with Crippen LogP contribution in [0.25, 0.3) is 0 Å². The fraction of sp³-hybridized carbons (Fsp3) is 0.364. The van der Waals surface area contributed by atoms with E-state index >= 15 is 0 Å². The van der Waals surface area contributed by atoms with E-state index in [4.69, 9.17) is 4.74 Å². The maximum Gasteiger partial charge on any atom is 0.255 e. The summed E-state index contributed by atoms with van der Waals surface area (Å²) in [5.74, 6) is -0.0792. The van der Waals surface area contributed by atoms with Gasteiger partial charge in [-0.3, -0.25) is 9.59 Å². The Morgan fingerprint density at radius 3 is 2.44 bits per heavy atom. The summed E-state index contributed by atoms with van der Waals surface area (Å²) in [5.41, 5.74) is 2.94. The largest absolute Gasteiger partial charge is 0.383 e. The number of ether oxygens (including phenoxy) is 1. The predicted octanol–water partition coefficient (Wildman–Crippen LogP) is 3.43. The Morgan fingerprint density at radius 2 is 1.85 bits per heavy atom. The SMILES string of the molecule is COCCNC(=O)C1(c2ccc(NC(=O)c3cccc(C)c3)cc2)CCC1. The highest BCUT2D eigenvalue weighted by molar-refractivity contribution is 6.04. The lowest BCUT2D eigenvalue weighted by Crippen LogP contribution is -2.49. The average Bonchev–Trinajstić information content (AvgIpc) is 2.62. The zero-order valence-electron chi connectivity index (χ0n) is 15.9. The Hall–Kier alpha value is -2.66. The van der Waals surface area contributed by atoms with Gasteiger partial charge < -0.3 is 15.4 Å². The Morgan fingerprint density at radius 1 is 1.11 bits per heavy atom. The molecule has 2 amide bonds. The summed E-state index contributed by atoms with van der Waals surface area (Å²) in [6.07, 6.45) is 2.74. The van der Waals surface area contributed by atoms with Gasteiger partial charge in [0.15, 0.2) is 0 Å². The van der Waals surface area contributed by atoms with Crippen molar-refractivity contribution in [2.24, 2.45) is 0 Å². The molecular weight excluding hydrogens is 340 g/mol. The van der Waals surface area contributed by atoms with Gasteiger partial charge in [0.25, 0.3) is 5.91 Å². The minimum atomic E-state index is -0.452. The Labute approximate surface area is 160 Å². The van der Waals surface area contributed by atoms with Gasteiger partial charge in [-0.1, -0.05) is 36.2 Å². The molecule has 27 heavy (non-hydrogen) atoms. The van der Waals surface area contributed by atoms with Gasteiger partial charge in [-0.25, -0.2) is 0 Å². The maximum absolute atomic E-state index is 12.7. The predicted molar refractivity (Wildman–Crippen MR) is 106 cm³/mol. The molecule has 1 saturated carbocycles. The van der Waals surface area contributed by atoms with E-state index in [-0.39, 0.29) is 11.8 Å². The second-order valence-corrected chi connectivity index (χ2v) is 7.09. The van der Waals surface area contributed by atoms with Crippen molar-refractivity contribution < 1.29 is 14.3 Å². The third-order valence-electron chi connectivity index (χ3n) is 5.21. The lowest BCUT2D eigenvalue weighted by Gasteiger charge is -2.40. The highest BCUT2D eigenvalue weighted by Gasteiger charge is 2.45. The number of rotatable bonds is 7. The number of aryl methyl sites for hydroxylation is 1. The molecule has 3 rings (SSSR count). The number of amides is 2. The molecule has 5 heteroatoms. The Kier molecular flexibility index (Phi) is 5.91. The molecule has 5 nitrogen and oxygen atoms in total. The van der Waals surface area contributed by atoms with Crippen LogP contribution in [0.15, 0.2) is 48.5 Å². The molecule has 142 valence electrons. The summed E-state index contributed by atoms with van der Waals surface area (Å²) >= 11 is 0. The summed E-state index contributed by atoms with van der Waals surface area (Å²) in [6.45, 7) is 2.98. The zero-order valence-corrected chi connectivity index (χ0v) is 15.9. The molecule has 1 aliphatic carbocycles. The molecule has 0 spiro atoms. The number of benzene rings is 2. The van der Waals surface area contributed by atoms with Crippen LogP contribution in [-0.2, 0) is 14.9 Å². The van der Waals surface area contributed by atoms with Crippen molar-refractivity contribution in [3.8, 4) is 0 Å². The fourth-order valence-corrected chi connectivity index (χ4v) is 3.48. The van der Waals surface area contributed by atoms with Gasteiger partial charge in [0.1, 0.15) is 0 Å². The highest BCUT2D eigenvalue weighted by atomic mass is 16.5. The van der Waals surface area contributed by atoms with E-state index in [2.05, 4.69) is 10.6 Å². The first kappa shape index (κ1) is 19.1. The summed E-state index contributed by atoms with van der Waals surface area (Å²) in [5, 5.41) is 5.88. The van der Waals surface area contributed by atoms with Crippen LogP contribution in [0.1, 0.15) is 40.7 Å². The molecule has 0 heterocycles. The quantitative estimate of drug-likeness (QED) is 0.738. The maximum atomic E-state index is 12.7. The minimum Gasteiger partial charge on any atom is -0.383 e. The van der Waals surface area contributed by atoms with Crippen molar-refractivity contribution in [3.63, 3.8) is 0 Å². The molecule has 2 N–H and O–H groups in total. The smallest absolute Gasteiger partial charge is 0.255 e. The third-order valence-corrected chi connectivity index (χ3v) is 5.21. The molecular formula is C22H26N2O3. The normalized spacial score (nSPS) is 14.9. The van der Waals surface area contributed by atoms with Gasteiger partial charge in [-0.05, 0) is 49.6 Å². The van der Waals surface area contributed by atoms with Gasteiger partial charge in [-0.15, -0.1) is 0 Å². The van der Waals surface area contributed by atoms with Gasteiger partial charge in [0, 0.05) is 24.9 Å². The van der Waals surface area contributed by atoms with E-state index in [1.165, 1.54) is 0 Å². The number of hydrogen-bond donors (Lipinski definition) is 2. The van der Waals surface area contributed by atoms with Crippen molar-refractivity contribution in [3.05, 3.63) is 65.2 Å². The van der Waals surface area contributed by atoms with Crippen LogP contribution in [0.4, 0.5) is 5.69 Å². The number of carbonyl (C=O) groups excluding carboxylic acids is 2. The summed E-state index contributed by atoms with van der Waals surface area (Å²) in [6, 6.07) is 15.1. The van der Waals surface area contributed by atoms with Gasteiger partial charge in [0.05, 0.1) is 12.0 Å². The fourth-order valence-electron chi connectivity index (χ4n) is 3.48. The van der Waals surface area contributed by atoms with Crippen LogP contribution < -0.4 is 10.6 Å². The highest BCUT2D eigenvalue weighted by Crippen LogP contribution is 2.44. The van der Waals surface area contributed by atoms with Crippen LogP contribution >= 0.6 is 0 Å². The zero-order chi connectivity index (χ0) is 19.3. The minimum absolute atomic E-state index is 0.0577. The van der Waals surface area contributed by atoms with E-state index < -0.39 is 5.41 Å². The first-order chi connectivity index (χ1) is 13.0. The number of methoxy groups -OCH3 is 1. The molecule has 2 aromatic rings. The van der Waals surface area contributed by atoms with Gasteiger partial charge in [-0.2, -0.15) is 0 Å². The van der Waals surface area contributed by atoms with E-state index in [0.717, 1.165) is 36.1 Å². The van der Waals surface area contributed by atoms with E-state index in [0.29, 0.717) is 18.7 Å². The molecule has 0 bridgehead atoms. The van der Waals surface area contributed by atoms with Crippen LogP contribution in [-0.4, -0.2) is 32.1 Å². The van der Waals surface area contributed by atoms with Crippen molar-refractivity contribution in [2.45, 2.75) is 31.6 Å². The van der Waals surface area contributed by atoms with Crippen molar-refractivity contribution in [1.29, 1.82) is 0 Å². The van der Waals surface area contributed by atoms with E-state index in [1.807, 2.05) is 49.4 Å². The molecule has 0 saturated heterocycles. The first-order valence-corrected chi connectivity index (χ1v) is 9.31. The Bertz CT molecular complexity index is 811. The summed E-state index contributed by atoms with van der Waals surface area (Å²) in [4.78, 5) is 25.0. The second kappa shape index (κ2) is 8.35. The number of nitrogens with one attached hydrogen (secondary N) is 2. The molecule has 0 radical (unpaired) electrons. The van der Waals surface area contributed by atoms with Gasteiger partial charge >= 0.3 is 0 Å². The molecule has 0 aliphatic heterocycles. The average molecular weight is 366 g/mol. The monoisotopic (exact) mass is 366 g/mol. The lowest BCUT2D eigenvalue weighted by molar-refractivity contribution is -0.130. The summed E-state index contributed by atoms with van der Waals surface area (Å²) < 4.78 is 5.00. The van der Waals surface area contributed by atoms with Crippen LogP contribution in [0.2, 0.25) is 0 Å². The number of hydrogen-bond acceptors (Lipinski definition) is 3. The standard InChI is InChI=1S/C22H26N2O3/c1-16-5-3-6-17(15-16)20(25)24-19-9-7-18(8-10-19)22(11-4-12-22)21(26)23-13-14-27-2/h3,5-10,15H,4,11-14H2,1-2H3,(H,23,26)(H,24,25). The topological polar surface area (TPSA) is 67.4 Å². The van der Waals surface area contributed by atoms with Crippen molar-refractivity contribution >= 4 is 17.5 Å². The number of carbonyl (C=O) groups is 2. The molecule has 1 fully saturated rings. The Balaban J connectivity index is 1.69. The number of anilines is 1. The molecule has 2 aromatic carbocycles. The van der Waals surface area contributed by atoms with Crippen LogP contribution in [0.5, 0.6) is 0 Å². The lowest BCUT2D eigenvalue weighted by atomic mass is 9.64. The molecule has 0 aromatic heterocycles. The second-order valence-electron chi connectivity index (χ2n) is 7.09. The van der Waals surface area contributed by atoms with Crippen molar-refractivity contribution in [2.75, 3.05) is 25.6 Å². The molecule has 1 aliphatic rings.